The fourth-order valence-corrected chi connectivity index (χ4v) is 2.91. The second-order valence-electron chi connectivity index (χ2n) is 5.81. The molecule has 3 rings (SSSR count). The number of benzene rings is 1. The van der Waals surface area contributed by atoms with Gasteiger partial charge in [0.15, 0.2) is 0 Å². The van der Waals surface area contributed by atoms with Crippen LogP contribution in [-0.4, -0.2) is 48.9 Å². The van der Waals surface area contributed by atoms with Crippen LogP contribution in [0, 0.1) is 5.82 Å². The van der Waals surface area contributed by atoms with Crippen molar-refractivity contribution in [2.45, 2.75) is 13.0 Å². The van der Waals surface area contributed by atoms with Crippen LogP contribution in [0.15, 0.2) is 42.6 Å². The predicted molar refractivity (Wildman–Crippen MR) is 89.3 cm³/mol. The summed E-state index contributed by atoms with van der Waals surface area (Å²) in [6.45, 7) is 6.58. The van der Waals surface area contributed by atoms with Gasteiger partial charge < -0.3 is 14.6 Å². The summed E-state index contributed by atoms with van der Waals surface area (Å²) in [5.41, 5.74) is 1.67. The van der Waals surface area contributed by atoms with E-state index in [0.717, 1.165) is 58.1 Å². The molecule has 5 heteroatoms. The van der Waals surface area contributed by atoms with E-state index < -0.39 is 0 Å². The van der Waals surface area contributed by atoms with Gasteiger partial charge in [-0.3, -0.25) is 4.90 Å². The Morgan fingerprint density at radius 2 is 1.91 bits per heavy atom. The van der Waals surface area contributed by atoms with E-state index in [-0.39, 0.29) is 5.82 Å². The lowest BCUT2D eigenvalue weighted by molar-refractivity contribution is 0.0374. The molecule has 0 unspecified atom stereocenters. The highest BCUT2D eigenvalue weighted by molar-refractivity contribution is 5.36. The third-order valence-electron chi connectivity index (χ3n) is 4.18. The normalized spacial score (nSPS) is 15.9. The minimum absolute atomic E-state index is 0.197. The van der Waals surface area contributed by atoms with Crippen molar-refractivity contribution in [2.75, 3.05) is 39.4 Å². The maximum Gasteiger partial charge on any atom is 0.147 e. The maximum absolute atomic E-state index is 13.9. The maximum atomic E-state index is 13.9. The fourth-order valence-electron chi connectivity index (χ4n) is 2.91. The molecule has 1 aromatic carbocycles. The summed E-state index contributed by atoms with van der Waals surface area (Å²) in [4.78, 5) is 2.44. The van der Waals surface area contributed by atoms with Crippen LogP contribution in [0.5, 0.6) is 0 Å². The van der Waals surface area contributed by atoms with Crippen molar-refractivity contribution >= 4 is 0 Å². The van der Waals surface area contributed by atoms with Gasteiger partial charge >= 0.3 is 0 Å². The van der Waals surface area contributed by atoms with E-state index in [9.17, 15) is 4.39 Å². The Hall–Kier alpha value is -1.69. The molecule has 2 aromatic rings. The molecule has 1 N–H and O–H groups in total. The predicted octanol–water partition coefficient (Wildman–Crippen LogP) is 2.43. The smallest absolute Gasteiger partial charge is 0.147 e. The Kier molecular flexibility index (Phi) is 5.80. The van der Waals surface area contributed by atoms with Crippen LogP contribution >= 0.6 is 0 Å². The van der Waals surface area contributed by atoms with Crippen LogP contribution in [0.2, 0.25) is 0 Å². The molecule has 23 heavy (non-hydrogen) atoms. The summed E-state index contributed by atoms with van der Waals surface area (Å²) in [7, 11) is 0. The Morgan fingerprint density at radius 3 is 2.74 bits per heavy atom. The van der Waals surface area contributed by atoms with Crippen LogP contribution in [0.1, 0.15) is 12.1 Å². The molecule has 1 aliphatic heterocycles. The first kappa shape index (κ1) is 16.2. The van der Waals surface area contributed by atoms with Gasteiger partial charge in [0.2, 0.25) is 0 Å². The molecule has 0 spiro atoms. The third-order valence-corrected chi connectivity index (χ3v) is 4.18. The molecule has 0 aliphatic carbocycles. The summed E-state index contributed by atoms with van der Waals surface area (Å²) in [6, 6.07) is 10.9. The van der Waals surface area contributed by atoms with E-state index in [1.54, 1.807) is 12.1 Å². The second-order valence-corrected chi connectivity index (χ2v) is 5.81. The van der Waals surface area contributed by atoms with Gasteiger partial charge in [0, 0.05) is 31.5 Å². The summed E-state index contributed by atoms with van der Waals surface area (Å²) in [5, 5.41) is 3.46. The standard InChI is InChI=1S/C18H24FN3O/c19-17-6-1-2-7-18(17)22-10-3-5-16(22)15-20-8-4-9-21-11-13-23-14-12-21/h1-3,5-7,10,20H,4,8-9,11-15H2. The molecule has 124 valence electrons. The highest BCUT2D eigenvalue weighted by Crippen LogP contribution is 2.16. The minimum Gasteiger partial charge on any atom is -0.379 e. The molecule has 2 heterocycles. The number of nitrogens with one attached hydrogen (secondary N) is 1. The van der Waals surface area contributed by atoms with E-state index in [0.29, 0.717) is 5.69 Å². The third kappa shape index (κ3) is 4.41. The topological polar surface area (TPSA) is 29.4 Å². The van der Waals surface area contributed by atoms with Crippen LogP contribution in [0.3, 0.4) is 0 Å². The van der Waals surface area contributed by atoms with Gasteiger partial charge in [-0.05, 0) is 43.8 Å². The van der Waals surface area contributed by atoms with Crippen LogP contribution < -0.4 is 5.32 Å². The van der Waals surface area contributed by atoms with Crippen LogP contribution in [-0.2, 0) is 11.3 Å². The first-order chi connectivity index (χ1) is 11.3. The van der Waals surface area contributed by atoms with Gasteiger partial charge in [0.25, 0.3) is 0 Å². The Balaban J connectivity index is 1.46. The van der Waals surface area contributed by atoms with Gasteiger partial charge in [-0.1, -0.05) is 12.1 Å². The average molecular weight is 317 g/mol. The molecule has 0 saturated carbocycles. The Bertz CT molecular complexity index is 608. The molecule has 4 nitrogen and oxygen atoms in total. The molecular formula is C18H24FN3O. The van der Waals surface area contributed by atoms with Gasteiger partial charge in [0.05, 0.1) is 18.9 Å². The number of ether oxygens (including phenoxy) is 1. The van der Waals surface area contributed by atoms with Gasteiger partial charge in [-0.15, -0.1) is 0 Å². The van der Waals surface area contributed by atoms with Crippen molar-refractivity contribution in [3.05, 3.63) is 54.1 Å². The number of para-hydroxylation sites is 1. The first-order valence-electron chi connectivity index (χ1n) is 8.26. The van der Waals surface area contributed by atoms with Gasteiger partial charge in [-0.2, -0.15) is 0 Å². The second kappa shape index (κ2) is 8.24. The van der Waals surface area contributed by atoms with Crippen molar-refractivity contribution in [3.63, 3.8) is 0 Å². The van der Waals surface area contributed by atoms with E-state index in [4.69, 9.17) is 4.74 Å². The number of hydrogen-bond donors (Lipinski definition) is 1. The Morgan fingerprint density at radius 1 is 1.09 bits per heavy atom. The Labute approximate surface area is 136 Å². The largest absolute Gasteiger partial charge is 0.379 e. The number of aromatic nitrogens is 1. The SMILES string of the molecule is Fc1ccccc1-n1cccc1CNCCCN1CCOCC1. The molecule has 1 fully saturated rings. The zero-order chi connectivity index (χ0) is 15.9. The van der Waals surface area contributed by atoms with E-state index in [1.165, 1.54) is 6.07 Å². The van der Waals surface area contributed by atoms with Crippen molar-refractivity contribution in [3.8, 4) is 5.69 Å². The number of hydrogen-bond acceptors (Lipinski definition) is 3. The van der Waals surface area contributed by atoms with Gasteiger partial charge in [0.1, 0.15) is 5.82 Å². The monoisotopic (exact) mass is 317 g/mol. The first-order valence-corrected chi connectivity index (χ1v) is 8.26. The van der Waals surface area contributed by atoms with Crippen LogP contribution in [0.25, 0.3) is 5.69 Å². The lowest BCUT2D eigenvalue weighted by Crippen LogP contribution is -2.37. The van der Waals surface area contributed by atoms with Crippen LogP contribution in [0.4, 0.5) is 4.39 Å². The summed E-state index contributed by atoms with van der Waals surface area (Å²) in [5.74, 6) is -0.197. The number of nitrogens with zero attached hydrogens (tertiary/aromatic N) is 2. The number of morpholine rings is 1. The number of rotatable bonds is 7. The van der Waals surface area contributed by atoms with Gasteiger partial charge in [-0.25, -0.2) is 4.39 Å². The van der Waals surface area contributed by atoms with Crippen molar-refractivity contribution in [1.29, 1.82) is 0 Å². The van der Waals surface area contributed by atoms with Crippen molar-refractivity contribution in [1.82, 2.24) is 14.8 Å². The highest BCUT2D eigenvalue weighted by Gasteiger charge is 2.10. The molecule has 1 aromatic heterocycles. The lowest BCUT2D eigenvalue weighted by Gasteiger charge is -2.26. The molecule has 0 radical (unpaired) electrons. The quantitative estimate of drug-likeness (QED) is 0.795. The minimum atomic E-state index is -0.197. The van der Waals surface area contributed by atoms with E-state index in [1.807, 2.05) is 29.0 Å². The fraction of sp³-hybridized carbons (Fsp3) is 0.444. The molecule has 0 atom stereocenters. The highest BCUT2D eigenvalue weighted by atomic mass is 19.1. The molecular weight excluding hydrogens is 293 g/mol. The van der Waals surface area contributed by atoms with Crippen molar-refractivity contribution in [2.24, 2.45) is 0 Å². The zero-order valence-electron chi connectivity index (χ0n) is 13.4. The van der Waals surface area contributed by atoms with E-state index in [2.05, 4.69) is 10.2 Å². The summed E-state index contributed by atoms with van der Waals surface area (Å²) in [6.07, 6.45) is 3.02. The zero-order valence-corrected chi connectivity index (χ0v) is 13.4. The summed E-state index contributed by atoms with van der Waals surface area (Å²) < 4.78 is 21.2. The van der Waals surface area contributed by atoms with E-state index >= 15 is 0 Å². The lowest BCUT2D eigenvalue weighted by atomic mass is 10.3. The molecule has 1 saturated heterocycles. The average Bonchev–Trinajstić information content (AvgIpc) is 3.04. The molecule has 1 aliphatic rings. The molecule has 0 bridgehead atoms. The molecule has 0 amide bonds. The van der Waals surface area contributed by atoms with Crippen molar-refractivity contribution < 1.29 is 9.13 Å². The summed E-state index contributed by atoms with van der Waals surface area (Å²) >= 11 is 0. The number of halogens is 1.